The lowest BCUT2D eigenvalue weighted by atomic mass is 9.78. The van der Waals surface area contributed by atoms with Gasteiger partial charge in [-0.3, -0.25) is 0 Å². The van der Waals surface area contributed by atoms with E-state index in [9.17, 15) is 0 Å². The maximum atomic E-state index is 6.01. The van der Waals surface area contributed by atoms with Crippen LogP contribution in [0.3, 0.4) is 0 Å². The number of anilines is 1. The predicted molar refractivity (Wildman–Crippen MR) is 68.9 cm³/mol. The van der Waals surface area contributed by atoms with Crippen molar-refractivity contribution in [2.45, 2.75) is 31.9 Å². The third-order valence-corrected chi connectivity index (χ3v) is 4.79. The molecule has 3 rings (SSSR count). The number of hydrogen-bond donors (Lipinski definition) is 0. The van der Waals surface area contributed by atoms with Crippen molar-refractivity contribution in [1.82, 2.24) is 0 Å². The number of fused-ring (bicyclic) bond motifs is 3. The zero-order valence-corrected chi connectivity index (χ0v) is 11.5. The van der Waals surface area contributed by atoms with Gasteiger partial charge < -0.3 is 9.64 Å². The van der Waals surface area contributed by atoms with Gasteiger partial charge in [-0.2, -0.15) is 0 Å². The molecule has 1 aromatic carbocycles. The fraction of sp³-hybridized carbons (Fsp3) is 0.538. The van der Waals surface area contributed by atoms with E-state index in [1.165, 1.54) is 11.3 Å². The minimum atomic E-state index is -0.184. The van der Waals surface area contributed by atoms with E-state index in [2.05, 4.69) is 59.8 Å². The van der Waals surface area contributed by atoms with Crippen LogP contribution >= 0.6 is 15.9 Å². The Balaban J connectivity index is 2.26. The molecule has 2 aliphatic rings. The van der Waals surface area contributed by atoms with Gasteiger partial charge in [0.1, 0.15) is 5.72 Å². The number of halogens is 1. The first-order valence-corrected chi connectivity index (χ1v) is 6.48. The Kier molecular flexibility index (Phi) is 2.00. The zero-order chi connectivity index (χ0) is 11.6. The largest absolute Gasteiger partial charge is 0.353 e. The monoisotopic (exact) mass is 281 g/mol. The minimum absolute atomic E-state index is 0.0304. The number of benzene rings is 1. The molecule has 3 heteroatoms. The second-order valence-corrected chi connectivity index (χ2v) is 6.19. The van der Waals surface area contributed by atoms with Gasteiger partial charge in [-0.05, 0) is 30.7 Å². The maximum Gasteiger partial charge on any atom is 0.147 e. The molecule has 0 bridgehead atoms. The Morgan fingerprint density at radius 2 is 2.06 bits per heavy atom. The summed E-state index contributed by atoms with van der Waals surface area (Å²) in [5, 5.41) is 0. The third-order valence-electron chi connectivity index (χ3n) is 4.30. The fourth-order valence-corrected chi connectivity index (χ4v) is 3.35. The van der Waals surface area contributed by atoms with Crippen molar-refractivity contribution in [3.8, 4) is 0 Å². The van der Waals surface area contributed by atoms with Gasteiger partial charge in [0.05, 0.1) is 6.61 Å². The minimum Gasteiger partial charge on any atom is -0.353 e. The number of rotatable bonds is 0. The van der Waals surface area contributed by atoms with Gasteiger partial charge in [-0.15, -0.1) is 0 Å². The van der Waals surface area contributed by atoms with Gasteiger partial charge >= 0.3 is 0 Å². The predicted octanol–water partition coefficient (Wildman–Crippen LogP) is 3.29. The summed E-state index contributed by atoms with van der Waals surface area (Å²) in [5.41, 5.74) is 2.55. The van der Waals surface area contributed by atoms with Crippen LogP contribution in [0.5, 0.6) is 0 Å². The summed E-state index contributed by atoms with van der Waals surface area (Å²) >= 11 is 3.55. The first-order chi connectivity index (χ1) is 7.47. The summed E-state index contributed by atoms with van der Waals surface area (Å²) in [6.45, 7) is 8.56. The van der Waals surface area contributed by atoms with Gasteiger partial charge in [0.2, 0.25) is 0 Å². The van der Waals surface area contributed by atoms with E-state index in [0.717, 1.165) is 17.6 Å². The highest BCUT2D eigenvalue weighted by atomic mass is 79.9. The number of ether oxygens (including phenoxy) is 1. The second kappa shape index (κ2) is 3.02. The molecule has 2 heterocycles. The molecule has 0 saturated carbocycles. The average molecular weight is 282 g/mol. The van der Waals surface area contributed by atoms with E-state index in [-0.39, 0.29) is 11.1 Å². The Hall–Kier alpha value is -0.540. The lowest BCUT2D eigenvalue weighted by molar-refractivity contribution is -0.0250. The summed E-state index contributed by atoms with van der Waals surface area (Å²) < 4.78 is 7.16. The van der Waals surface area contributed by atoms with Crippen LogP contribution in [0, 0.1) is 0 Å². The quantitative estimate of drug-likeness (QED) is 0.724. The molecule has 2 aliphatic heterocycles. The standard InChI is InChI=1S/C13H16BrNO/c1-12(2)10-8-9(14)4-5-11(10)15-6-7-16-13(12,15)3/h4-5,8H,6-7H2,1-3H3. The van der Waals surface area contributed by atoms with Crippen molar-refractivity contribution in [2.24, 2.45) is 0 Å². The van der Waals surface area contributed by atoms with Gasteiger partial charge in [-0.25, -0.2) is 0 Å². The highest BCUT2D eigenvalue weighted by Gasteiger charge is 2.57. The summed E-state index contributed by atoms with van der Waals surface area (Å²) in [4.78, 5) is 2.40. The molecule has 0 aliphatic carbocycles. The maximum absolute atomic E-state index is 6.01. The smallest absolute Gasteiger partial charge is 0.147 e. The van der Waals surface area contributed by atoms with Crippen LogP contribution in [0.4, 0.5) is 5.69 Å². The molecule has 2 nitrogen and oxygen atoms in total. The number of nitrogens with zero attached hydrogens (tertiary/aromatic N) is 1. The van der Waals surface area contributed by atoms with Crippen LogP contribution < -0.4 is 4.90 Å². The Labute approximate surface area is 105 Å². The average Bonchev–Trinajstić information content (AvgIpc) is 2.67. The van der Waals surface area contributed by atoms with E-state index in [1.54, 1.807) is 0 Å². The fourth-order valence-electron chi connectivity index (χ4n) is 2.99. The highest BCUT2D eigenvalue weighted by molar-refractivity contribution is 9.10. The molecule has 1 fully saturated rings. The topological polar surface area (TPSA) is 12.5 Å². The zero-order valence-electron chi connectivity index (χ0n) is 9.88. The summed E-state index contributed by atoms with van der Waals surface area (Å²) in [6, 6.07) is 6.53. The van der Waals surface area contributed by atoms with Gasteiger partial charge in [0.25, 0.3) is 0 Å². The SMILES string of the molecule is CC1(C)c2cc(Br)ccc2N2CCOC21C. The van der Waals surface area contributed by atoms with Crippen LogP contribution in [0.15, 0.2) is 22.7 Å². The van der Waals surface area contributed by atoms with Crippen LogP contribution in [0.1, 0.15) is 26.3 Å². The molecule has 1 unspecified atom stereocenters. The molecule has 1 saturated heterocycles. The number of hydrogen-bond acceptors (Lipinski definition) is 2. The van der Waals surface area contributed by atoms with Crippen molar-refractivity contribution < 1.29 is 4.74 Å². The first-order valence-electron chi connectivity index (χ1n) is 5.68. The third kappa shape index (κ3) is 1.06. The van der Waals surface area contributed by atoms with Crippen LogP contribution in [0.2, 0.25) is 0 Å². The summed E-state index contributed by atoms with van der Waals surface area (Å²) in [7, 11) is 0. The lowest BCUT2D eigenvalue weighted by Crippen LogP contribution is -2.50. The Morgan fingerprint density at radius 3 is 2.81 bits per heavy atom. The van der Waals surface area contributed by atoms with Crippen LogP contribution in [-0.2, 0) is 10.2 Å². The molecule has 0 radical (unpaired) electrons. The van der Waals surface area contributed by atoms with Gasteiger partial charge in [0.15, 0.2) is 0 Å². The normalized spacial score (nSPS) is 30.4. The molecule has 1 aromatic rings. The van der Waals surface area contributed by atoms with E-state index >= 15 is 0 Å². The molecule has 0 spiro atoms. The summed E-state index contributed by atoms with van der Waals surface area (Å²) in [6.07, 6.45) is 0. The molecule has 0 amide bonds. The van der Waals surface area contributed by atoms with E-state index in [1.807, 2.05) is 0 Å². The summed E-state index contributed by atoms with van der Waals surface area (Å²) in [5.74, 6) is 0. The molecule has 0 aromatic heterocycles. The second-order valence-electron chi connectivity index (χ2n) is 5.27. The highest BCUT2D eigenvalue weighted by Crippen LogP contribution is 2.54. The van der Waals surface area contributed by atoms with Crippen LogP contribution in [-0.4, -0.2) is 18.9 Å². The molecule has 1 atom stereocenters. The molecular formula is C13H16BrNO. The van der Waals surface area contributed by atoms with E-state index in [0.29, 0.717) is 0 Å². The molecule has 0 N–H and O–H groups in total. The first kappa shape index (κ1) is 10.6. The van der Waals surface area contributed by atoms with Gasteiger partial charge in [-0.1, -0.05) is 29.8 Å². The Morgan fingerprint density at radius 1 is 1.31 bits per heavy atom. The van der Waals surface area contributed by atoms with Crippen molar-refractivity contribution in [3.05, 3.63) is 28.2 Å². The van der Waals surface area contributed by atoms with Crippen molar-refractivity contribution in [3.63, 3.8) is 0 Å². The van der Waals surface area contributed by atoms with E-state index < -0.39 is 0 Å². The molecule has 86 valence electrons. The van der Waals surface area contributed by atoms with Crippen molar-refractivity contribution >= 4 is 21.6 Å². The molecule has 16 heavy (non-hydrogen) atoms. The van der Waals surface area contributed by atoms with E-state index in [4.69, 9.17) is 4.74 Å². The lowest BCUT2D eigenvalue weighted by Gasteiger charge is -2.38. The van der Waals surface area contributed by atoms with Crippen LogP contribution in [0.25, 0.3) is 0 Å². The molecular weight excluding hydrogens is 266 g/mol. The van der Waals surface area contributed by atoms with Gasteiger partial charge in [0, 0.05) is 22.1 Å². The van der Waals surface area contributed by atoms with Crippen molar-refractivity contribution in [1.29, 1.82) is 0 Å². The Bertz CT molecular complexity index is 457. The van der Waals surface area contributed by atoms with Crippen molar-refractivity contribution in [2.75, 3.05) is 18.1 Å².